The van der Waals surface area contributed by atoms with Gasteiger partial charge in [0.1, 0.15) is 5.69 Å². The highest BCUT2D eigenvalue weighted by Crippen LogP contribution is 2.54. The number of nitrogens with zero attached hydrogens (tertiary/aromatic N) is 2. The molecule has 0 saturated carbocycles. The van der Waals surface area contributed by atoms with Crippen molar-refractivity contribution in [3.8, 4) is 5.75 Å². The second-order valence-corrected chi connectivity index (χ2v) is 8.73. The Hall–Kier alpha value is -3.08. The van der Waals surface area contributed by atoms with Gasteiger partial charge in [0, 0.05) is 24.2 Å². The summed E-state index contributed by atoms with van der Waals surface area (Å²) < 4.78 is 12.2. The Morgan fingerprint density at radius 3 is 2.48 bits per heavy atom. The van der Waals surface area contributed by atoms with Crippen molar-refractivity contribution in [2.75, 3.05) is 11.9 Å². The zero-order chi connectivity index (χ0) is 20.7. The van der Waals surface area contributed by atoms with E-state index in [2.05, 4.69) is 44.7 Å². The Morgan fingerprint density at radius 2 is 1.72 bits per heavy atom. The van der Waals surface area contributed by atoms with Crippen molar-refractivity contribution in [2.24, 2.45) is 4.99 Å². The van der Waals surface area contributed by atoms with Crippen molar-refractivity contribution in [2.45, 2.75) is 45.8 Å². The van der Waals surface area contributed by atoms with E-state index in [9.17, 15) is 4.79 Å². The summed E-state index contributed by atoms with van der Waals surface area (Å²) >= 11 is 0. The van der Waals surface area contributed by atoms with Crippen molar-refractivity contribution in [1.82, 2.24) is 0 Å². The van der Waals surface area contributed by atoms with Gasteiger partial charge in [-0.2, -0.15) is 0 Å². The predicted octanol–water partition coefficient (Wildman–Crippen LogP) is 4.94. The molecule has 0 N–H and O–H groups in total. The van der Waals surface area contributed by atoms with Crippen molar-refractivity contribution >= 4 is 28.6 Å². The van der Waals surface area contributed by atoms with Gasteiger partial charge in [-0.25, -0.2) is 9.79 Å². The Balaban J connectivity index is 1.73. The van der Waals surface area contributed by atoms with E-state index in [1.165, 1.54) is 22.8 Å². The second-order valence-electron chi connectivity index (χ2n) is 8.73. The SMILES string of the molecule is Cc1cc2c(cc1C)C(C)(C)C1(C=Nc3c(ccc4c(C)cc(=O)oc34)O1)N2C. The highest BCUT2D eigenvalue weighted by molar-refractivity contribution is 5.97. The van der Waals surface area contributed by atoms with Crippen molar-refractivity contribution in [1.29, 1.82) is 0 Å². The number of hydrogen-bond acceptors (Lipinski definition) is 5. The summed E-state index contributed by atoms with van der Waals surface area (Å²) in [5, 5.41) is 0.869. The molecule has 0 saturated heterocycles. The van der Waals surface area contributed by atoms with E-state index in [1.54, 1.807) is 0 Å². The monoisotopic (exact) mass is 388 g/mol. The molecule has 3 aromatic rings. The highest BCUT2D eigenvalue weighted by Gasteiger charge is 2.58. The lowest BCUT2D eigenvalue weighted by Gasteiger charge is -2.44. The Labute approximate surface area is 169 Å². The number of ether oxygens (including phenoxy) is 1. The third-order valence-corrected chi connectivity index (χ3v) is 6.73. The molecule has 3 heterocycles. The Bertz CT molecular complexity index is 1290. The van der Waals surface area contributed by atoms with Gasteiger partial charge in [0.05, 0.1) is 11.6 Å². The van der Waals surface area contributed by atoms with E-state index in [-0.39, 0.29) is 11.0 Å². The number of aryl methyl sites for hydroxylation is 3. The molecule has 1 aromatic heterocycles. The topological polar surface area (TPSA) is 55.0 Å². The van der Waals surface area contributed by atoms with Crippen LogP contribution in [0.5, 0.6) is 5.75 Å². The molecule has 5 heteroatoms. The van der Waals surface area contributed by atoms with E-state index in [4.69, 9.17) is 14.1 Å². The maximum Gasteiger partial charge on any atom is 0.336 e. The van der Waals surface area contributed by atoms with E-state index in [1.807, 2.05) is 32.3 Å². The molecule has 0 bridgehead atoms. The number of benzene rings is 2. The average molecular weight is 388 g/mol. The van der Waals surface area contributed by atoms with Gasteiger partial charge in [-0.3, -0.25) is 0 Å². The van der Waals surface area contributed by atoms with Crippen LogP contribution in [0.3, 0.4) is 0 Å². The van der Waals surface area contributed by atoms with Crippen LogP contribution >= 0.6 is 0 Å². The second kappa shape index (κ2) is 5.50. The van der Waals surface area contributed by atoms with Crippen LogP contribution in [0, 0.1) is 20.8 Å². The highest BCUT2D eigenvalue weighted by atomic mass is 16.5. The average Bonchev–Trinajstić information content (AvgIpc) is 2.81. The van der Waals surface area contributed by atoms with Crippen LogP contribution in [0.25, 0.3) is 11.0 Å². The summed E-state index contributed by atoms with van der Waals surface area (Å²) in [6, 6.07) is 9.83. The summed E-state index contributed by atoms with van der Waals surface area (Å²) in [6.45, 7) is 10.5. The molecule has 0 aliphatic carbocycles. The fourth-order valence-corrected chi connectivity index (χ4v) is 4.72. The largest absolute Gasteiger partial charge is 0.459 e. The number of rotatable bonds is 0. The third-order valence-electron chi connectivity index (χ3n) is 6.73. The lowest BCUT2D eigenvalue weighted by atomic mass is 9.77. The molecule has 0 fully saturated rings. The van der Waals surface area contributed by atoms with Gasteiger partial charge in [0.15, 0.2) is 11.3 Å². The molecule has 2 aliphatic heterocycles. The summed E-state index contributed by atoms with van der Waals surface area (Å²) in [6.07, 6.45) is 1.86. The van der Waals surface area contributed by atoms with Crippen molar-refractivity contribution < 1.29 is 9.15 Å². The lowest BCUT2D eigenvalue weighted by Crippen LogP contribution is -2.61. The van der Waals surface area contributed by atoms with Crippen molar-refractivity contribution in [3.63, 3.8) is 0 Å². The number of aliphatic imine (C=N–C) groups is 1. The first-order valence-corrected chi connectivity index (χ1v) is 9.83. The Kier molecular flexibility index (Phi) is 3.41. The molecule has 1 unspecified atom stereocenters. The molecule has 2 aliphatic rings. The molecule has 148 valence electrons. The quantitative estimate of drug-likeness (QED) is 0.512. The van der Waals surface area contributed by atoms with E-state index in [0.717, 1.165) is 16.6 Å². The van der Waals surface area contributed by atoms with Gasteiger partial charge in [0.25, 0.3) is 0 Å². The molecule has 5 rings (SSSR count). The molecule has 2 aromatic carbocycles. The van der Waals surface area contributed by atoms with E-state index < -0.39 is 5.72 Å². The lowest BCUT2D eigenvalue weighted by molar-refractivity contribution is 0.0825. The molecular weight excluding hydrogens is 364 g/mol. The summed E-state index contributed by atoms with van der Waals surface area (Å²) in [7, 11) is 2.05. The van der Waals surface area contributed by atoms with Crippen LogP contribution in [-0.4, -0.2) is 19.0 Å². The van der Waals surface area contributed by atoms with Crippen LogP contribution < -0.4 is 15.3 Å². The van der Waals surface area contributed by atoms with Gasteiger partial charge in [-0.15, -0.1) is 0 Å². The molecule has 0 radical (unpaired) electrons. The number of anilines is 1. The first kappa shape index (κ1) is 18.0. The maximum absolute atomic E-state index is 11.9. The summed E-state index contributed by atoms with van der Waals surface area (Å²) in [5.74, 6) is 0.620. The van der Waals surface area contributed by atoms with Crippen LogP contribution in [0.2, 0.25) is 0 Å². The molecular formula is C24H24N2O3. The van der Waals surface area contributed by atoms with Crippen LogP contribution in [0.4, 0.5) is 11.4 Å². The van der Waals surface area contributed by atoms with Gasteiger partial charge in [0.2, 0.25) is 5.72 Å². The number of fused-ring (bicyclic) bond motifs is 4. The number of hydrogen-bond donors (Lipinski definition) is 0. The minimum absolute atomic E-state index is 0.334. The molecule has 5 nitrogen and oxygen atoms in total. The molecule has 1 spiro atoms. The fourth-order valence-electron chi connectivity index (χ4n) is 4.72. The third kappa shape index (κ3) is 2.16. The molecule has 0 amide bonds. The summed E-state index contributed by atoms with van der Waals surface area (Å²) in [4.78, 5) is 18.9. The maximum atomic E-state index is 11.9. The first-order valence-electron chi connectivity index (χ1n) is 9.83. The van der Waals surface area contributed by atoms with E-state index >= 15 is 0 Å². The zero-order valence-corrected chi connectivity index (χ0v) is 17.6. The van der Waals surface area contributed by atoms with Crippen molar-refractivity contribution in [3.05, 3.63) is 63.0 Å². The zero-order valence-electron chi connectivity index (χ0n) is 17.6. The van der Waals surface area contributed by atoms with Gasteiger partial charge >= 0.3 is 5.63 Å². The number of likely N-dealkylation sites (N-methyl/N-ethyl adjacent to an activating group) is 1. The van der Waals surface area contributed by atoms with Crippen LogP contribution in [0.15, 0.2) is 44.5 Å². The standard InChI is InChI=1S/C24H24N2O3/c1-13-9-17-18(10-14(13)2)26(6)24(23(17,4)5)12-25-21-19(29-24)8-7-16-15(3)11-20(27)28-22(16)21/h7-12H,1-6H3. The molecule has 29 heavy (non-hydrogen) atoms. The smallest absolute Gasteiger partial charge is 0.336 e. The first-order chi connectivity index (χ1) is 13.7. The minimum Gasteiger partial charge on any atom is -0.459 e. The van der Waals surface area contributed by atoms with E-state index in [0.29, 0.717) is 17.0 Å². The predicted molar refractivity (Wildman–Crippen MR) is 116 cm³/mol. The van der Waals surface area contributed by atoms with Gasteiger partial charge < -0.3 is 14.1 Å². The summed E-state index contributed by atoms with van der Waals surface area (Å²) in [5.41, 5.74) is 5.33. The minimum atomic E-state index is -0.764. The van der Waals surface area contributed by atoms with Crippen LogP contribution in [0.1, 0.15) is 36.1 Å². The Morgan fingerprint density at radius 1 is 1.00 bits per heavy atom. The molecule has 1 atom stereocenters. The normalized spacial score (nSPS) is 21.4. The van der Waals surface area contributed by atoms with Crippen LogP contribution in [-0.2, 0) is 5.41 Å². The van der Waals surface area contributed by atoms with Gasteiger partial charge in [-0.1, -0.05) is 6.07 Å². The van der Waals surface area contributed by atoms with Gasteiger partial charge in [-0.05, 0) is 75.1 Å². The fraction of sp³-hybridized carbons (Fsp3) is 0.333.